The van der Waals surface area contributed by atoms with E-state index in [1.54, 1.807) is 0 Å². The summed E-state index contributed by atoms with van der Waals surface area (Å²) >= 11 is 0. The third-order valence-corrected chi connectivity index (χ3v) is 7.24. The number of nitrogens with one attached hydrogen (secondary N) is 2. The van der Waals surface area contributed by atoms with Crippen LogP contribution in [0.4, 0.5) is 10.7 Å². The van der Waals surface area contributed by atoms with Crippen LogP contribution in [0.25, 0.3) is 11.0 Å². The Balaban J connectivity index is 1.50. The minimum Gasteiger partial charge on any atom is -0.323 e. The summed E-state index contributed by atoms with van der Waals surface area (Å²) in [5, 5.41) is 5.75. The fourth-order valence-corrected chi connectivity index (χ4v) is 5.13. The maximum Gasteiger partial charge on any atom is 0.325 e. The second-order valence-corrected chi connectivity index (χ2v) is 9.09. The second kappa shape index (κ2) is 9.51. The molecule has 1 spiro atoms. The van der Waals surface area contributed by atoms with Crippen LogP contribution in [0.5, 0.6) is 0 Å². The third-order valence-electron chi connectivity index (χ3n) is 7.24. The Morgan fingerprint density at radius 3 is 2.73 bits per heavy atom. The van der Waals surface area contributed by atoms with Gasteiger partial charge in [-0.05, 0) is 44.0 Å². The highest BCUT2D eigenvalue weighted by molar-refractivity contribution is 6.10. The van der Waals surface area contributed by atoms with Gasteiger partial charge < -0.3 is 14.8 Å². The molecule has 2 N–H and O–H groups in total. The van der Waals surface area contributed by atoms with Gasteiger partial charge in [-0.15, -0.1) is 0 Å². The minimum atomic E-state index is -0.869. The van der Waals surface area contributed by atoms with E-state index in [1.807, 2.05) is 35.8 Å². The SMILES string of the molecule is CCN(CC)CCn1c(NC(=O)CN2C(=O)N[C@@]3(CCCC[C@@H]3C)C2=O)nc2ccccc21. The first kappa shape index (κ1) is 23.2. The number of amides is 4. The van der Waals surface area contributed by atoms with E-state index in [2.05, 4.69) is 34.4 Å². The zero-order chi connectivity index (χ0) is 23.6. The fraction of sp³-hybridized carbons (Fsp3) is 0.583. The van der Waals surface area contributed by atoms with Crippen molar-refractivity contribution in [2.75, 3.05) is 31.5 Å². The van der Waals surface area contributed by atoms with Gasteiger partial charge >= 0.3 is 6.03 Å². The van der Waals surface area contributed by atoms with Gasteiger partial charge in [0.1, 0.15) is 12.1 Å². The average Bonchev–Trinajstić information content (AvgIpc) is 3.26. The standard InChI is InChI=1S/C24H34N6O3/c1-4-28(5-2)14-15-29-19-12-7-6-11-18(19)25-22(29)26-20(31)16-30-21(32)24(27-23(30)33)13-9-8-10-17(24)3/h6-7,11-12,17H,4-5,8-10,13-16H2,1-3H3,(H,27,33)(H,25,26,31)/t17-,24+/m0/s1. The Hall–Kier alpha value is -2.94. The highest BCUT2D eigenvalue weighted by atomic mass is 16.2. The van der Waals surface area contributed by atoms with E-state index in [0.29, 0.717) is 18.9 Å². The molecule has 1 saturated carbocycles. The number of hydrogen-bond acceptors (Lipinski definition) is 5. The van der Waals surface area contributed by atoms with Crippen molar-refractivity contribution in [1.82, 2.24) is 24.7 Å². The first-order chi connectivity index (χ1) is 15.9. The van der Waals surface area contributed by atoms with Crippen LogP contribution in [0.15, 0.2) is 24.3 Å². The van der Waals surface area contributed by atoms with E-state index < -0.39 is 17.5 Å². The number of benzene rings is 1. The lowest BCUT2D eigenvalue weighted by Crippen LogP contribution is -2.54. The van der Waals surface area contributed by atoms with E-state index in [0.717, 1.165) is 54.8 Å². The molecule has 1 aromatic carbocycles. The molecule has 0 unspecified atom stereocenters. The predicted molar refractivity (Wildman–Crippen MR) is 127 cm³/mol. The molecule has 33 heavy (non-hydrogen) atoms. The lowest BCUT2D eigenvalue weighted by Gasteiger charge is -2.36. The van der Waals surface area contributed by atoms with Crippen LogP contribution in [0.3, 0.4) is 0 Å². The van der Waals surface area contributed by atoms with Gasteiger partial charge in [0.15, 0.2) is 0 Å². The number of carbonyl (C=O) groups excluding carboxylic acids is 3. The topological polar surface area (TPSA) is 99.6 Å². The maximum absolute atomic E-state index is 13.2. The van der Waals surface area contributed by atoms with Crippen LogP contribution in [0.2, 0.25) is 0 Å². The van der Waals surface area contributed by atoms with Crippen molar-refractivity contribution in [3.05, 3.63) is 24.3 Å². The van der Waals surface area contributed by atoms with Gasteiger partial charge in [0.25, 0.3) is 5.91 Å². The minimum absolute atomic E-state index is 0.0556. The summed E-state index contributed by atoms with van der Waals surface area (Å²) in [6.07, 6.45) is 3.46. The summed E-state index contributed by atoms with van der Waals surface area (Å²) in [6.45, 7) is 9.30. The highest BCUT2D eigenvalue weighted by Crippen LogP contribution is 2.38. The first-order valence-electron chi connectivity index (χ1n) is 12.0. The summed E-state index contributed by atoms with van der Waals surface area (Å²) in [4.78, 5) is 46.7. The van der Waals surface area contributed by atoms with Gasteiger partial charge in [-0.25, -0.2) is 9.78 Å². The quantitative estimate of drug-likeness (QED) is 0.598. The van der Waals surface area contributed by atoms with Gasteiger partial charge in [0, 0.05) is 13.1 Å². The number of hydrogen-bond donors (Lipinski definition) is 2. The molecule has 1 aliphatic carbocycles. The van der Waals surface area contributed by atoms with E-state index >= 15 is 0 Å². The molecule has 178 valence electrons. The summed E-state index contributed by atoms with van der Waals surface area (Å²) in [7, 11) is 0. The molecule has 4 rings (SSSR count). The number of anilines is 1. The van der Waals surface area contributed by atoms with Crippen LogP contribution in [0.1, 0.15) is 46.5 Å². The number of nitrogens with zero attached hydrogens (tertiary/aromatic N) is 4. The van der Waals surface area contributed by atoms with E-state index in [9.17, 15) is 14.4 Å². The molecule has 2 atom stereocenters. The molecule has 1 saturated heterocycles. The molecule has 0 bridgehead atoms. The van der Waals surface area contributed by atoms with Gasteiger partial charge in [-0.1, -0.05) is 45.7 Å². The number of imide groups is 1. The van der Waals surface area contributed by atoms with Crippen LogP contribution in [-0.4, -0.2) is 68.9 Å². The van der Waals surface area contributed by atoms with Gasteiger partial charge in [0.2, 0.25) is 11.9 Å². The van der Waals surface area contributed by atoms with Crippen molar-refractivity contribution in [1.29, 1.82) is 0 Å². The lowest BCUT2D eigenvalue weighted by atomic mass is 9.73. The lowest BCUT2D eigenvalue weighted by molar-refractivity contribution is -0.136. The number of para-hydroxylation sites is 2. The second-order valence-electron chi connectivity index (χ2n) is 9.09. The van der Waals surface area contributed by atoms with Crippen molar-refractivity contribution in [3.8, 4) is 0 Å². The zero-order valence-electron chi connectivity index (χ0n) is 19.8. The van der Waals surface area contributed by atoms with Gasteiger partial charge in [0.05, 0.1) is 11.0 Å². The predicted octanol–water partition coefficient (Wildman–Crippen LogP) is 2.82. The van der Waals surface area contributed by atoms with Crippen LogP contribution < -0.4 is 10.6 Å². The molecule has 2 aromatic rings. The molecule has 4 amide bonds. The molecule has 1 aliphatic heterocycles. The van der Waals surface area contributed by atoms with Gasteiger partial charge in [-0.3, -0.25) is 19.8 Å². The normalized spacial score (nSPS) is 23.0. The molecule has 0 radical (unpaired) electrons. The molecular formula is C24H34N6O3. The van der Waals surface area contributed by atoms with Crippen molar-refractivity contribution in [2.24, 2.45) is 5.92 Å². The summed E-state index contributed by atoms with van der Waals surface area (Å²) in [5.74, 6) is -0.232. The van der Waals surface area contributed by atoms with Crippen LogP contribution in [0, 0.1) is 5.92 Å². The monoisotopic (exact) mass is 454 g/mol. The number of fused-ring (bicyclic) bond motifs is 1. The van der Waals surface area contributed by atoms with Crippen molar-refractivity contribution in [2.45, 2.75) is 58.5 Å². The van der Waals surface area contributed by atoms with E-state index in [-0.39, 0.29) is 18.4 Å². The Kier molecular flexibility index (Phi) is 6.69. The molecular weight excluding hydrogens is 420 g/mol. The largest absolute Gasteiger partial charge is 0.325 e. The molecule has 2 aliphatic rings. The van der Waals surface area contributed by atoms with Crippen molar-refractivity contribution >= 4 is 34.8 Å². The highest BCUT2D eigenvalue weighted by Gasteiger charge is 2.55. The van der Waals surface area contributed by atoms with E-state index in [4.69, 9.17) is 0 Å². The van der Waals surface area contributed by atoms with Crippen molar-refractivity contribution in [3.63, 3.8) is 0 Å². The Labute approximate surface area is 194 Å². The number of urea groups is 1. The Morgan fingerprint density at radius 1 is 1.24 bits per heavy atom. The van der Waals surface area contributed by atoms with Crippen molar-refractivity contribution < 1.29 is 14.4 Å². The van der Waals surface area contributed by atoms with Crippen LogP contribution >= 0.6 is 0 Å². The number of aromatic nitrogens is 2. The zero-order valence-corrected chi connectivity index (χ0v) is 19.8. The fourth-order valence-electron chi connectivity index (χ4n) is 5.13. The molecule has 9 nitrogen and oxygen atoms in total. The average molecular weight is 455 g/mol. The number of imidazole rings is 1. The molecule has 9 heteroatoms. The summed E-state index contributed by atoms with van der Waals surface area (Å²) in [5.41, 5.74) is 0.856. The summed E-state index contributed by atoms with van der Waals surface area (Å²) in [6, 6.07) is 7.25. The summed E-state index contributed by atoms with van der Waals surface area (Å²) < 4.78 is 1.99. The Bertz CT molecular complexity index is 1050. The number of rotatable bonds is 8. The van der Waals surface area contributed by atoms with Crippen LogP contribution in [-0.2, 0) is 16.1 Å². The molecule has 2 fully saturated rings. The molecule has 2 heterocycles. The third kappa shape index (κ3) is 4.34. The van der Waals surface area contributed by atoms with E-state index in [1.165, 1.54) is 0 Å². The van der Waals surface area contributed by atoms with Gasteiger partial charge in [-0.2, -0.15) is 0 Å². The number of likely N-dealkylation sites (N-methyl/N-ethyl adjacent to an activating group) is 1. The first-order valence-corrected chi connectivity index (χ1v) is 12.0. The molecule has 1 aromatic heterocycles. The Morgan fingerprint density at radius 2 is 2.00 bits per heavy atom. The number of carbonyl (C=O) groups is 3. The smallest absolute Gasteiger partial charge is 0.323 e. The maximum atomic E-state index is 13.2.